The maximum Gasteiger partial charge on any atom is 0.255 e. The second kappa shape index (κ2) is 7.86. The van der Waals surface area contributed by atoms with E-state index in [4.69, 9.17) is 27.9 Å². The van der Waals surface area contributed by atoms with E-state index in [2.05, 4.69) is 21.2 Å². The number of amides is 1. The van der Waals surface area contributed by atoms with Gasteiger partial charge in [0, 0.05) is 10.0 Å². The molecule has 0 atom stereocenters. The quantitative estimate of drug-likeness (QED) is 0.686. The average molecular weight is 403 g/mol. The van der Waals surface area contributed by atoms with Gasteiger partial charge in [0.1, 0.15) is 0 Å². The Bertz CT molecular complexity index is 669. The molecule has 0 spiro atoms. The van der Waals surface area contributed by atoms with Crippen LogP contribution in [0.25, 0.3) is 0 Å². The summed E-state index contributed by atoms with van der Waals surface area (Å²) in [5, 5.41) is 3.44. The minimum Gasteiger partial charge on any atom is -0.490 e. The first kappa shape index (κ1) is 17.1. The van der Waals surface area contributed by atoms with Crippen LogP contribution in [0.1, 0.15) is 23.7 Å². The average Bonchev–Trinajstić information content (AvgIpc) is 2.48. The summed E-state index contributed by atoms with van der Waals surface area (Å²) in [5.41, 5.74) is 1.04. The van der Waals surface area contributed by atoms with Gasteiger partial charge in [-0.25, -0.2) is 0 Å². The zero-order chi connectivity index (χ0) is 16.1. The fourth-order valence-electron chi connectivity index (χ4n) is 1.79. The first-order valence-electron chi connectivity index (χ1n) is 6.70. The lowest BCUT2D eigenvalue weighted by atomic mass is 10.2. The Morgan fingerprint density at radius 3 is 2.45 bits per heavy atom. The summed E-state index contributed by atoms with van der Waals surface area (Å²) < 4.78 is 6.28. The molecule has 2 aromatic rings. The van der Waals surface area contributed by atoms with Crippen LogP contribution in [0.4, 0.5) is 5.69 Å². The highest BCUT2D eigenvalue weighted by Gasteiger charge is 2.15. The number of carbonyl (C=O) groups excluding carboxylic acids is 1. The maximum atomic E-state index is 12.3. The van der Waals surface area contributed by atoms with Gasteiger partial charge in [-0.3, -0.25) is 4.79 Å². The van der Waals surface area contributed by atoms with Gasteiger partial charge in [0.15, 0.2) is 5.75 Å². The third-order valence-corrected chi connectivity index (χ3v) is 4.09. The molecule has 0 aliphatic heterocycles. The summed E-state index contributed by atoms with van der Waals surface area (Å²) in [5.74, 6) is 0.111. The summed E-state index contributed by atoms with van der Waals surface area (Å²) in [6, 6.07) is 10.4. The summed E-state index contributed by atoms with van der Waals surface area (Å²) in [6.45, 7) is 2.50. The molecule has 0 saturated heterocycles. The van der Waals surface area contributed by atoms with Gasteiger partial charge in [-0.1, -0.05) is 42.3 Å². The smallest absolute Gasteiger partial charge is 0.255 e. The zero-order valence-electron chi connectivity index (χ0n) is 11.8. The van der Waals surface area contributed by atoms with Gasteiger partial charge in [-0.05, 0) is 46.6 Å². The van der Waals surface area contributed by atoms with Crippen molar-refractivity contribution in [1.82, 2.24) is 0 Å². The van der Waals surface area contributed by atoms with Crippen LogP contribution in [-0.2, 0) is 0 Å². The maximum absolute atomic E-state index is 12.3. The third-order valence-electron chi connectivity index (χ3n) is 2.83. The molecule has 1 N–H and O–H groups in total. The molecule has 0 heterocycles. The molecule has 2 aromatic carbocycles. The molecule has 116 valence electrons. The van der Waals surface area contributed by atoms with E-state index >= 15 is 0 Å². The first-order valence-corrected chi connectivity index (χ1v) is 8.25. The van der Waals surface area contributed by atoms with Crippen molar-refractivity contribution in [1.29, 1.82) is 0 Å². The molecule has 0 aromatic heterocycles. The zero-order valence-corrected chi connectivity index (χ0v) is 14.9. The highest BCUT2D eigenvalue weighted by Crippen LogP contribution is 2.34. The second-order valence-corrected chi connectivity index (χ2v) is 6.22. The van der Waals surface area contributed by atoms with E-state index in [-0.39, 0.29) is 5.91 Å². The van der Waals surface area contributed by atoms with E-state index in [1.54, 1.807) is 18.2 Å². The van der Waals surface area contributed by atoms with Gasteiger partial charge in [-0.2, -0.15) is 0 Å². The van der Waals surface area contributed by atoms with E-state index in [0.29, 0.717) is 33.7 Å². The summed E-state index contributed by atoms with van der Waals surface area (Å²) in [7, 11) is 0. The van der Waals surface area contributed by atoms with Crippen molar-refractivity contribution < 1.29 is 9.53 Å². The number of anilines is 1. The van der Waals surface area contributed by atoms with Gasteiger partial charge in [0.05, 0.1) is 22.3 Å². The molecule has 0 saturated carbocycles. The van der Waals surface area contributed by atoms with Crippen LogP contribution < -0.4 is 10.1 Å². The number of halogens is 3. The van der Waals surface area contributed by atoms with E-state index < -0.39 is 0 Å². The minimum atomic E-state index is -0.294. The predicted octanol–water partition coefficient (Wildman–Crippen LogP) is 5.80. The summed E-state index contributed by atoms with van der Waals surface area (Å²) >= 11 is 15.7. The van der Waals surface area contributed by atoms with Crippen LogP contribution in [0.2, 0.25) is 10.0 Å². The van der Waals surface area contributed by atoms with Crippen LogP contribution in [0.15, 0.2) is 40.9 Å². The molecule has 0 bridgehead atoms. The standard InChI is InChI=1S/C16H14BrCl2NO2/c1-2-7-22-15-12(18)8-10(9-13(15)19)16(21)20-14-6-4-3-5-11(14)17/h3-6,8-9H,2,7H2,1H3,(H,20,21). The molecular formula is C16H14BrCl2NO2. The topological polar surface area (TPSA) is 38.3 Å². The molecule has 0 aliphatic rings. The molecule has 0 radical (unpaired) electrons. The number of hydrogen-bond donors (Lipinski definition) is 1. The Kier molecular flexibility index (Phi) is 6.12. The van der Waals surface area contributed by atoms with E-state index in [1.807, 2.05) is 25.1 Å². The van der Waals surface area contributed by atoms with Crippen molar-refractivity contribution in [2.45, 2.75) is 13.3 Å². The monoisotopic (exact) mass is 401 g/mol. The lowest BCUT2D eigenvalue weighted by Gasteiger charge is -2.12. The van der Waals surface area contributed by atoms with Crippen LogP contribution in [0.3, 0.4) is 0 Å². The van der Waals surface area contributed by atoms with Gasteiger partial charge >= 0.3 is 0 Å². The molecule has 0 unspecified atom stereocenters. The number of nitrogens with one attached hydrogen (secondary N) is 1. The summed E-state index contributed by atoms with van der Waals surface area (Å²) in [4.78, 5) is 12.3. The highest BCUT2D eigenvalue weighted by molar-refractivity contribution is 9.10. The normalized spacial score (nSPS) is 10.4. The lowest BCUT2D eigenvalue weighted by Crippen LogP contribution is -2.12. The molecule has 0 aliphatic carbocycles. The third kappa shape index (κ3) is 4.15. The molecular weight excluding hydrogens is 389 g/mol. The predicted molar refractivity (Wildman–Crippen MR) is 94.3 cm³/mol. The van der Waals surface area contributed by atoms with E-state index in [0.717, 1.165) is 10.9 Å². The fraction of sp³-hybridized carbons (Fsp3) is 0.188. The minimum absolute atomic E-state index is 0.294. The Hall–Kier alpha value is -1.23. The molecule has 3 nitrogen and oxygen atoms in total. The Morgan fingerprint density at radius 2 is 1.86 bits per heavy atom. The van der Waals surface area contributed by atoms with Gasteiger partial charge < -0.3 is 10.1 Å². The number of benzene rings is 2. The van der Waals surface area contributed by atoms with Crippen molar-refractivity contribution in [2.75, 3.05) is 11.9 Å². The molecule has 22 heavy (non-hydrogen) atoms. The van der Waals surface area contributed by atoms with Crippen LogP contribution in [0, 0.1) is 0 Å². The second-order valence-electron chi connectivity index (χ2n) is 4.55. The van der Waals surface area contributed by atoms with Crippen molar-refractivity contribution >= 4 is 50.7 Å². The van der Waals surface area contributed by atoms with Crippen molar-refractivity contribution in [2.24, 2.45) is 0 Å². The molecule has 1 amide bonds. The Balaban J connectivity index is 2.22. The van der Waals surface area contributed by atoms with Crippen LogP contribution in [0.5, 0.6) is 5.75 Å². The van der Waals surface area contributed by atoms with E-state index in [1.165, 1.54) is 0 Å². The number of para-hydroxylation sites is 1. The molecule has 0 fully saturated rings. The van der Waals surface area contributed by atoms with Crippen LogP contribution >= 0.6 is 39.1 Å². The fourth-order valence-corrected chi connectivity index (χ4v) is 2.77. The SMILES string of the molecule is CCCOc1c(Cl)cc(C(=O)Nc2ccccc2Br)cc1Cl. The largest absolute Gasteiger partial charge is 0.490 e. The summed E-state index contributed by atoms with van der Waals surface area (Å²) in [6.07, 6.45) is 0.844. The number of hydrogen-bond acceptors (Lipinski definition) is 2. The molecule has 6 heteroatoms. The van der Waals surface area contributed by atoms with Crippen molar-refractivity contribution in [3.8, 4) is 5.75 Å². The Morgan fingerprint density at radius 1 is 1.23 bits per heavy atom. The van der Waals surface area contributed by atoms with Crippen molar-refractivity contribution in [3.63, 3.8) is 0 Å². The van der Waals surface area contributed by atoms with E-state index in [9.17, 15) is 4.79 Å². The highest BCUT2D eigenvalue weighted by atomic mass is 79.9. The number of carbonyl (C=O) groups is 1. The van der Waals surface area contributed by atoms with Crippen LogP contribution in [-0.4, -0.2) is 12.5 Å². The lowest BCUT2D eigenvalue weighted by molar-refractivity contribution is 0.102. The van der Waals surface area contributed by atoms with Gasteiger partial charge in [0.25, 0.3) is 5.91 Å². The first-order chi connectivity index (χ1) is 10.5. The van der Waals surface area contributed by atoms with Gasteiger partial charge in [0.2, 0.25) is 0 Å². The molecule has 2 rings (SSSR count). The van der Waals surface area contributed by atoms with Crippen molar-refractivity contribution in [3.05, 3.63) is 56.5 Å². The van der Waals surface area contributed by atoms with Gasteiger partial charge in [-0.15, -0.1) is 0 Å². The Labute approximate surface area is 147 Å². The number of ether oxygens (including phenoxy) is 1. The number of rotatable bonds is 5.